The van der Waals surface area contributed by atoms with E-state index in [1.807, 2.05) is 0 Å². The molecule has 1 N–H and O–H groups in total. The number of rotatable bonds is 4. The molecule has 0 aliphatic rings. The van der Waals surface area contributed by atoms with Gasteiger partial charge in [-0.2, -0.15) is 0 Å². The molecule has 1 aromatic carbocycles. The van der Waals surface area contributed by atoms with Gasteiger partial charge < -0.3 is 10.2 Å². The highest BCUT2D eigenvalue weighted by Gasteiger charge is 2.17. The number of amides is 2. The van der Waals surface area contributed by atoms with E-state index in [0.717, 1.165) is 0 Å². The van der Waals surface area contributed by atoms with Crippen molar-refractivity contribution >= 4 is 45.0 Å². The van der Waals surface area contributed by atoms with Crippen molar-refractivity contribution in [3.8, 4) is 0 Å². The summed E-state index contributed by atoms with van der Waals surface area (Å²) < 4.78 is 0. The molecule has 0 saturated heterocycles. The maximum atomic E-state index is 11.7. The number of hydrogen-bond acceptors (Lipinski definition) is 2. The maximum Gasteiger partial charge on any atom is 0.244 e. The highest BCUT2D eigenvalue weighted by atomic mass is 79.9. The van der Waals surface area contributed by atoms with E-state index in [2.05, 4.69) is 21.2 Å². The number of halogens is 2. The molecule has 0 radical (unpaired) electrons. The van der Waals surface area contributed by atoms with Crippen LogP contribution in [0.3, 0.4) is 0 Å². The molecule has 0 fully saturated rings. The lowest BCUT2D eigenvalue weighted by molar-refractivity contribution is -0.132. The van der Waals surface area contributed by atoms with Gasteiger partial charge in [-0.3, -0.25) is 9.59 Å². The summed E-state index contributed by atoms with van der Waals surface area (Å²) in [5.41, 5.74) is 0.539. The summed E-state index contributed by atoms with van der Waals surface area (Å²) in [5, 5.41) is 3.12. The molecule has 1 unspecified atom stereocenters. The van der Waals surface area contributed by atoms with Gasteiger partial charge in [-0.1, -0.05) is 39.7 Å². The quantitative estimate of drug-likeness (QED) is 0.861. The second kappa shape index (κ2) is 6.75. The minimum atomic E-state index is -0.310. The van der Waals surface area contributed by atoms with Crippen LogP contribution in [0.15, 0.2) is 24.3 Å². The van der Waals surface area contributed by atoms with Crippen LogP contribution in [0.4, 0.5) is 5.69 Å². The summed E-state index contributed by atoms with van der Waals surface area (Å²) >= 11 is 9.08. The molecule has 18 heavy (non-hydrogen) atoms. The van der Waals surface area contributed by atoms with Crippen molar-refractivity contribution in [3.63, 3.8) is 0 Å². The van der Waals surface area contributed by atoms with Crippen LogP contribution in [0.25, 0.3) is 0 Å². The molecule has 6 heteroatoms. The number of likely N-dealkylation sites (N-methyl/N-ethyl adjacent to an activating group) is 1. The molecule has 0 spiro atoms. The average Bonchev–Trinajstić information content (AvgIpc) is 2.30. The molecule has 0 aromatic heterocycles. The number of carbonyl (C=O) groups excluding carboxylic acids is 2. The molecule has 98 valence electrons. The fourth-order valence-corrected chi connectivity index (χ4v) is 1.88. The molecule has 1 atom stereocenters. The summed E-state index contributed by atoms with van der Waals surface area (Å²) in [7, 11) is 1.58. The molecule has 0 bridgehead atoms. The van der Waals surface area contributed by atoms with Crippen molar-refractivity contribution in [1.82, 2.24) is 4.90 Å². The SMILES string of the molecule is CC(Br)C(=O)N(C)CC(=O)Nc1ccccc1Cl. The van der Waals surface area contributed by atoms with E-state index in [0.29, 0.717) is 10.7 Å². The Morgan fingerprint density at radius 2 is 2.06 bits per heavy atom. The predicted molar refractivity (Wildman–Crippen MR) is 76.1 cm³/mol. The van der Waals surface area contributed by atoms with E-state index in [9.17, 15) is 9.59 Å². The highest BCUT2D eigenvalue weighted by molar-refractivity contribution is 9.10. The third-order valence-corrected chi connectivity index (χ3v) is 2.97. The largest absolute Gasteiger partial charge is 0.335 e. The van der Waals surface area contributed by atoms with Gasteiger partial charge in [0.1, 0.15) is 0 Å². The van der Waals surface area contributed by atoms with E-state index in [4.69, 9.17) is 11.6 Å². The van der Waals surface area contributed by atoms with Gasteiger partial charge in [0.25, 0.3) is 0 Å². The van der Waals surface area contributed by atoms with Crippen LogP contribution < -0.4 is 5.32 Å². The van der Waals surface area contributed by atoms with Crippen LogP contribution in [0, 0.1) is 0 Å². The molecule has 4 nitrogen and oxygen atoms in total. The Kier molecular flexibility index (Phi) is 5.62. The van der Waals surface area contributed by atoms with Crippen LogP contribution in [-0.4, -0.2) is 35.1 Å². The molecule has 1 aromatic rings. The summed E-state index contributed by atoms with van der Waals surface area (Å²) in [6.07, 6.45) is 0. The first-order valence-corrected chi connectivity index (χ1v) is 6.64. The van der Waals surface area contributed by atoms with Crippen LogP contribution >= 0.6 is 27.5 Å². The van der Waals surface area contributed by atoms with E-state index in [1.54, 1.807) is 38.2 Å². The van der Waals surface area contributed by atoms with Crippen molar-refractivity contribution in [2.75, 3.05) is 18.9 Å². The van der Waals surface area contributed by atoms with Gasteiger partial charge in [-0.15, -0.1) is 0 Å². The van der Waals surface area contributed by atoms with Gasteiger partial charge in [0.2, 0.25) is 11.8 Å². The lowest BCUT2D eigenvalue weighted by Gasteiger charge is -2.18. The van der Waals surface area contributed by atoms with E-state index in [-0.39, 0.29) is 23.2 Å². The second-order valence-electron chi connectivity index (χ2n) is 3.84. The predicted octanol–water partition coefficient (Wildman–Crippen LogP) is 2.52. The van der Waals surface area contributed by atoms with E-state index < -0.39 is 0 Å². The number of nitrogens with one attached hydrogen (secondary N) is 1. The lowest BCUT2D eigenvalue weighted by atomic mass is 10.3. The van der Waals surface area contributed by atoms with Gasteiger partial charge in [0.15, 0.2) is 0 Å². The third-order valence-electron chi connectivity index (χ3n) is 2.25. The van der Waals surface area contributed by atoms with E-state index in [1.165, 1.54) is 4.90 Å². The lowest BCUT2D eigenvalue weighted by Crippen LogP contribution is -2.38. The Balaban J connectivity index is 2.58. The zero-order chi connectivity index (χ0) is 13.7. The average molecular weight is 334 g/mol. The first-order chi connectivity index (χ1) is 8.41. The van der Waals surface area contributed by atoms with Gasteiger partial charge in [-0.25, -0.2) is 0 Å². The Morgan fingerprint density at radius 3 is 2.61 bits per heavy atom. The molecular weight excluding hydrogens is 320 g/mol. The summed E-state index contributed by atoms with van der Waals surface area (Å²) in [4.78, 5) is 24.3. The topological polar surface area (TPSA) is 49.4 Å². The third kappa shape index (κ3) is 4.31. The number of carbonyl (C=O) groups is 2. The Bertz CT molecular complexity index is 451. The first kappa shape index (κ1) is 15.0. The monoisotopic (exact) mass is 332 g/mol. The molecule has 2 amide bonds. The Morgan fingerprint density at radius 1 is 1.44 bits per heavy atom. The molecule has 0 heterocycles. The fraction of sp³-hybridized carbons (Fsp3) is 0.333. The summed E-state index contributed by atoms with van der Waals surface area (Å²) in [6, 6.07) is 6.94. The van der Waals surface area contributed by atoms with Crippen molar-refractivity contribution in [2.24, 2.45) is 0 Å². The number of anilines is 1. The molecule has 0 aliphatic heterocycles. The van der Waals surface area contributed by atoms with Crippen LogP contribution in [-0.2, 0) is 9.59 Å². The maximum absolute atomic E-state index is 11.7. The first-order valence-electron chi connectivity index (χ1n) is 5.35. The zero-order valence-electron chi connectivity index (χ0n) is 10.1. The molecule has 1 rings (SSSR count). The Labute approximate surface area is 119 Å². The number of hydrogen-bond donors (Lipinski definition) is 1. The second-order valence-corrected chi connectivity index (χ2v) is 5.62. The van der Waals surface area contributed by atoms with Crippen molar-refractivity contribution in [1.29, 1.82) is 0 Å². The van der Waals surface area contributed by atoms with Crippen molar-refractivity contribution in [3.05, 3.63) is 29.3 Å². The van der Waals surface area contributed by atoms with Gasteiger partial charge >= 0.3 is 0 Å². The van der Waals surface area contributed by atoms with Crippen LogP contribution in [0.1, 0.15) is 6.92 Å². The minimum Gasteiger partial charge on any atom is -0.335 e. The van der Waals surface area contributed by atoms with Gasteiger partial charge in [0.05, 0.1) is 22.1 Å². The Hall–Kier alpha value is -1.07. The smallest absolute Gasteiger partial charge is 0.244 e. The highest BCUT2D eigenvalue weighted by Crippen LogP contribution is 2.20. The minimum absolute atomic E-state index is 0.0139. The summed E-state index contributed by atoms with van der Waals surface area (Å²) in [6.45, 7) is 1.70. The molecule has 0 aliphatic carbocycles. The fourth-order valence-electron chi connectivity index (χ4n) is 1.35. The zero-order valence-corrected chi connectivity index (χ0v) is 12.5. The van der Waals surface area contributed by atoms with Gasteiger partial charge in [-0.05, 0) is 19.1 Å². The number of alkyl halides is 1. The number of benzene rings is 1. The normalized spacial score (nSPS) is 11.8. The van der Waals surface area contributed by atoms with Crippen molar-refractivity contribution in [2.45, 2.75) is 11.8 Å². The molecule has 0 saturated carbocycles. The summed E-state index contributed by atoms with van der Waals surface area (Å²) in [5.74, 6) is -0.434. The van der Waals surface area contributed by atoms with Crippen molar-refractivity contribution < 1.29 is 9.59 Å². The standard InChI is InChI=1S/C12H14BrClN2O2/c1-8(13)12(18)16(2)7-11(17)15-10-6-4-3-5-9(10)14/h3-6,8H,7H2,1-2H3,(H,15,17). The molecular formula is C12H14BrClN2O2. The van der Waals surface area contributed by atoms with Crippen LogP contribution in [0.5, 0.6) is 0 Å². The van der Waals surface area contributed by atoms with Gasteiger partial charge in [0, 0.05) is 7.05 Å². The number of para-hydroxylation sites is 1. The van der Waals surface area contributed by atoms with E-state index >= 15 is 0 Å². The van der Waals surface area contributed by atoms with Crippen LogP contribution in [0.2, 0.25) is 5.02 Å². The number of nitrogens with zero attached hydrogens (tertiary/aromatic N) is 1.